The maximum Gasteiger partial charge on any atom is 0.410 e. The minimum Gasteiger partial charge on any atom is -0.444 e. The summed E-state index contributed by atoms with van der Waals surface area (Å²) < 4.78 is 5.51. The van der Waals surface area contributed by atoms with Gasteiger partial charge in [0.25, 0.3) is 0 Å². The monoisotopic (exact) mass is 322 g/mol. The van der Waals surface area contributed by atoms with E-state index in [0.717, 1.165) is 25.4 Å². The lowest BCUT2D eigenvalue weighted by atomic mass is 9.68. The van der Waals surface area contributed by atoms with Crippen LogP contribution in [0, 0.1) is 16.7 Å². The molecule has 1 heterocycles. The van der Waals surface area contributed by atoms with Gasteiger partial charge in [-0.2, -0.15) is 0 Å². The minimum atomic E-state index is -0.414. The van der Waals surface area contributed by atoms with Crippen LogP contribution in [0.3, 0.4) is 0 Å². The van der Waals surface area contributed by atoms with Gasteiger partial charge in [0.2, 0.25) is 0 Å². The van der Waals surface area contributed by atoms with E-state index in [0.29, 0.717) is 22.9 Å². The van der Waals surface area contributed by atoms with E-state index in [2.05, 4.69) is 26.1 Å². The van der Waals surface area contributed by atoms with E-state index >= 15 is 0 Å². The lowest BCUT2D eigenvalue weighted by molar-refractivity contribution is 0.0285. The zero-order valence-electron chi connectivity index (χ0n) is 15.7. The highest BCUT2D eigenvalue weighted by Crippen LogP contribution is 2.62. The van der Waals surface area contributed by atoms with Crippen LogP contribution >= 0.6 is 0 Å². The first kappa shape index (κ1) is 17.1. The number of hydrogen-bond donors (Lipinski definition) is 1. The van der Waals surface area contributed by atoms with Gasteiger partial charge in [-0.1, -0.05) is 20.8 Å². The van der Waals surface area contributed by atoms with Crippen molar-refractivity contribution in [1.82, 2.24) is 10.2 Å². The van der Waals surface area contributed by atoms with Crippen molar-refractivity contribution in [3.05, 3.63) is 0 Å². The number of fused-ring (bicyclic) bond motifs is 2. The minimum absolute atomic E-state index is 0.166. The molecule has 4 heteroatoms. The predicted molar refractivity (Wildman–Crippen MR) is 92.4 cm³/mol. The zero-order valence-corrected chi connectivity index (χ0v) is 15.7. The molecule has 23 heavy (non-hydrogen) atoms. The molecule has 1 N–H and O–H groups in total. The highest BCUT2D eigenvalue weighted by molar-refractivity contribution is 5.68. The molecule has 3 aliphatic rings. The quantitative estimate of drug-likeness (QED) is 0.841. The van der Waals surface area contributed by atoms with Crippen molar-refractivity contribution in [3.8, 4) is 0 Å². The number of rotatable bonds is 2. The summed E-state index contributed by atoms with van der Waals surface area (Å²) in [4.78, 5) is 14.1. The summed E-state index contributed by atoms with van der Waals surface area (Å²) in [6.07, 6.45) is 4.96. The van der Waals surface area contributed by atoms with Crippen LogP contribution in [0.5, 0.6) is 0 Å². The fraction of sp³-hybridized carbons (Fsp3) is 0.947. The molecule has 1 saturated heterocycles. The molecule has 3 rings (SSSR count). The molecule has 0 spiro atoms. The average Bonchev–Trinajstić information content (AvgIpc) is 3.04. The van der Waals surface area contributed by atoms with Gasteiger partial charge in [-0.3, -0.25) is 0 Å². The van der Waals surface area contributed by atoms with Crippen molar-refractivity contribution >= 4 is 6.09 Å². The van der Waals surface area contributed by atoms with E-state index in [1.807, 2.05) is 25.7 Å². The van der Waals surface area contributed by atoms with Crippen molar-refractivity contribution in [2.45, 2.75) is 84.9 Å². The molecule has 1 amide bonds. The molecule has 2 aliphatic carbocycles. The molecule has 3 fully saturated rings. The van der Waals surface area contributed by atoms with Crippen LogP contribution in [0.4, 0.5) is 4.79 Å². The summed E-state index contributed by atoms with van der Waals surface area (Å²) in [6.45, 7) is 14.7. The Morgan fingerprint density at radius 1 is 1.22 bits per heavy atom. The third-order valence-corrected chi connectivity index (χ3v) is 6.51. The van der Waals surface area contributed by atoms with E-state index in [1.54, 1.807) is 0 Å². The van der Waals surface area contributed by atoms with Gasteiger partial charge >= 0.3 is 6.09 Å². The van der Waals surface area contributed by atoms with Crippen LogP contribution < -0.4 is 5.32 Å². The highest BCUT2D eigenvalue weighted by Gasteiger charge is 2.59. The summed E-state index contributed by atoms with van der Waals surface area (Å²) in [5.74, 6) is 0.855. The maximum absolute atomic E-state index is 12.2. The Labute approximate surface area is 141 Å². The molecular formula is C19H34N2O2. The van der Waals surface area contributed by atoms with Crippen LogP contribution in [0.25, 0.3) is 0 Å². The number of ether oxygens (including phenoxy) is 1. The molecule has 0 aromatic heterocycles. The van der Waals surface area contributed by atoms with Gasteiger partial charge in [-0.25, -0.2) is 4.79 Å². The van der Waals surface area contributed by atoms with Gasteiger partial charge in [-0.15, -0.1) is 0 Å². The summed E-state index contributed by atoms with van der Waals surface area (Å²) in [5, 5.41) is 3.94. The number of nitrogens with one attached hydrogen (secondary N) is 1. The normalized spacial score (nSPS) is 39.0. The third-order valence-electron chi connectivity index (χ3n) is 6.51. The van der Waals surface area contributed by atoms with Crippen molar-refractivity contribution < 1.29 is 9.53 Å². The Bertz CT molecular complexity index is 477. The molecule has 0 aromatic rings. The Balaban J connectivity index is 1.59. The molecule has 2 saturated carbocycles. The number of likely N-dealkylation sites (tertiary alicyclic amines) is 1. The Hall–Kier alpha value is -0.770. The SMILES string of the molecule is CC(C)(C)OC(=O)N1CCC(NC2C(C)(C)[C@H]3CC[C@]2(C)C3)C1. The summed E-state index contributed by atoms with van der Waals surface area (Å²) >= 11 is 0. The summed E-state index contributed by atoms with van der Waals surface area (Å²) in [6, 6.07) is 0.973. The molecule has 0 radical (unpaired) electrons. The molecule has 0 aromatic carbocycles. The van der Waals surface area contributed by atoms with Crippen LogP contribution in [0.2, 0.25) is 0 Å². The first-order valence-corrected chi connectivity index (χ1v) is 9.25. The van der Waals surface area contributed by atoms with E-state index in [4.69, 9.17) is 4.74 Å². The maximum atomic E-state index is 12.2. The standard InChI is InChI=1S/C19H34N2O2/c1-17(2,3)23-16(22)21-10-8-14(12-21)20-15-18(4,5)13-7-9-19(15,6)11-13/h13-15,20H,7-12H2,1-6H3/t13-,14?,15?,19+/m0/s1. The van der Waals surface area contributed by atoms with Crippen LogP contribution in [0.1, 0.15) is 67.2 Å². The van der Waals surface area contributed by atoms with Crippen LogP contribution in [-0.4, -0.2) is 41.8 Å². The molecular weight excluding hydrogens is 288 g/mol. The molecule has 2 unspecified atom stereocenters. The van der Waals surface area contributed by atoms with Gasteiger partial charge < -0.3 is 15.0 Å². The van der Waals surface area contributed by atoms with Crippen molar-refractivity contribution in [3.63, 3.8) is 0 Å². The van der Waals surface area contributed by atoms with E-state index in [9.17, 15) is 4.79 Å². The lowest BCUT2D eigenvalue weighted by Gasteiger charge is -2.44. The molecule has 4 nitrogen and oxygen atoms in total. The second-order valence-corrected chi connectivity index (χ2v) is 9.93. The Morgan fingerprint density at radius 3 is 2.48 bits per heavy atom. The van der Waals surface area contributed by atoms with Gasteiger partial charge in [-0.05, 0) is 63.2 Å². The molecule has 132 valence electrons. The van der Waals surface area contributed by atoms with Gasteiger partial charge in [0, 0.05) is 25.2 Å². The van der Waals surface area contributed by atoms with E-state index in [-0.39, 0.29) is 6.09 Å². The van der Waals surface area contributed by atoms with Crippen LogP contribution in [0.15, 0.2) is 0 Å². The van der Waals surface area contributed by atoms with Gasteiger partial charge in [0.05, 0.1) is 0 Å². The zero-order chi connectivity index (χ0) is 17.0. The average molecular weight is 322 g/mol. The number of carbonyl (C=O) groups is 1. The Morgan fingerprint density at radius 2 is 1.91 bits per heavy atom. The molecule has 2 bridgehead atoms. The summed E-state index contributed by atoms with van der Waals surface area (Å²) in [5.41, 5.74) is 0.391. The fourth-order valence-electron chi connectivity index (χ4n) is 5.34. The van der Waals surface area contributed by atoms with E-state index in [1.165, 1.54) is 19.3 Å². The first-order valence-electron chi connectivity index (χ1n) is 9.25. The van der Waals surface area contributed by atoms with Crippen molar-refractivity contribution in [2.75, 3.05) is 13.1 Å². The van der Waals surface area contributed by atoms with E-state index < -0.39 is 5.60 Å². The number of nitrogens with zero attached hydrogens (tertiary/aromatic N) is 1. The Kier molecular flexibility index (Phi) is 3.98. The topological polar surface area (TPSA) is 41.6 Å². The third kappa shape index (κ3) is 3.11. The largest absolute Gasteiger partial charge is 0.444 e. The second-order valence-electron chi connectivity index (χ2n) is 9.93. The molecule has 4 atom stereocenters. The van der Waals surface area contributed by atoms with Crippen LogP contribution in [-0.2, 0) is 4.74 Å². The van der Waals surface area contributed by atoms with Gasteiger partial charge in [0.15, 0.2) is 0 Å². The van der Waals surface area contributed by atoms with Gasteiger partial charge in [0.1, 0.15) is 5.60 Å². The lowest BCUT2D eigenvalue weighted by Crippen LogP contribution is -2.54. The second kappa shape index (κ2) is 5.37. The van der Waals surface area contributed by atoms with Crippen molar-refractivity contribution in [2.24, 2.45) is 16.7 Å². The highest BCUT2D eigenvalue weighted by atomic mass is 16.6. The predicted octanol–water partition coefficient (Wildman–Crippen LogP) is 3.80. The number of carbonyl (C=O) groups excluding carboxylic acids is 1. The number of hydrogen-bond acceptors (Lipinski definition) is 3. The fourth-order valence-corrected chi connectivity index (χ4v) is 5.34. The number of amides is 1. The first-order chi connectivity index (χ1) is 10.5. The smallest absolute Gasteiger partial charge is 0.410 e. The molecule has 1 aliphatic heterocycles. The van der Waals surface area contributed by atoms with Crippen molar-refractivity contribution in [1.29, 1.82) is 0 Å². The summed E-state index contributed by atoms with van der Waals surface area (Å²) in [7, 11) is 0.